The topological polar surface area (TPSA) is 83.2 Å². The monoisotopic (exact) mass is 379 g/mol. The Bertz CT molecular complexity index is 595. The fraction of sp³-hybridized carbons (Fsp3) is 0.714. The zero-order valence-corrected chi connectivity index (χ0v) is 16.6. The van der Waals surface area contributed by atoms with Crippen molar-refractivity contribution >= 4 is 0 Å². The Hall–Kier alpha value is -1.02. The number of ether oxygens (including phenoxy) is 4. The van der Waals surface area contributed by atoms with E-state index in [4.69, 9.17) is 24.7 Å². The molecule has 0 unspecified atom stereocenters. The Morgan fingerprint density at radius 1 is 1.22 bits per heavy atom. The lowest BCUT2D eigenvalue weighted by Crippen LogP contribution is -2.63. The predicted octanol–water partition coefficient (Wildman–Crippen LogP) is 2.72. The van der Waals surface area contributed by atoms with E-state index in [0.717, 1.165) is 31.2 Å². The van der Waals surface area contributed by atoms with E-state index in [1.807, 2.05) is 44.2 Å². The summed E-state index contributed by atoms with van der Waals surface area (Å²) in [6.07, 6.45) is 2.15. The second kappa shape index (κ2) is 8.55. The van der Waals surface area contributed by atoms with Crippen molar-refractivity contribution in [2.45, 2.75) is 89.0 Å². The third kappa shape index (κ3) is 4.88. The summed E-state index contributed by atoms with van der Waals surface area (Å²) in [5, 5.41) is 10.4. The van der Waals surface area contributed by atoms with Crippen LogP contribution in [0.3, 0.4) is 0 Å². The number of hydrogen-bond acceptors (Lipinski definition) is 6. The smallest absolute Gasteiger partial charge is 0.203 e. The second-order valence-corrected chi connectivity index (χ2v) is 8.03. The molecule has 0 spiro atoms. The summed E-state index contributed by atoms with van der Waals surface area (Å²) in [4.78, 5) is 0. The zero-order chi connectivity index (χ0) is 19.5. The summed E-state index contributed by atoms with van der Waals surface area (Å²) < 4.78 is 24.5. The van der Waals surface area contributed by atoms with Crippen molar-refractivity contribution in [3.05, 3.63) is 35.9 Å². The molecule has 2 aliphatic rings. The van der Waals surface area contributed by atoms with Crippen LogP contribution in [0.5, 0.6) is 0 Å². The first-order valence-corrected chi connectivity index (χ1v) is 10.0. The van der Waals surface area contributed by atoms with Crippen LogP contribution in [0.1, 0.15) is 52.0 Å². The summed E-state index contributed by atoms with van der Waals surface area (Å²) in [6, 6.07) is 9.99. The molecule has 2 saturated heterocycles. The Morgan fingerprint density at radius 3 is 2.67 bits per heavy atom. The highest BCUT2D eigenvalue weighted by Gasteiger charge is 2.60. The quantitative estimate of drug-likeness (QED) is 0.534. The first-order valence-electron chi connectivity index (χ1n) is 10.0. The predicted molar refractivity (Wildman–Crippen MR) is 102 cm³/mol. The van der Waals surface area contributed by atoms with E-state index in [9.17, 15) is 5.11 Å². The van der Waals surface area contributed by atoms with Crippen molar-refractivity contribution in [3.8, 4) is 0 Å². The van der Waals surface area contributed by atoms with Gasteiger partial charge in [0.2, 0.25) is 5.79 Å². The standard InChI is InChI=1S/C21H33NO5/c1-4-5-7-12-17(22)25-21(13-15-10-8-6-9-11-15)19-18(16(23)14-24-21)26-20(2,3)27-19/h6,8-11,16-19,23H,4-5,7,12-14,22H2,1-3H3/t16-,17-,18-,19-,21+/m0/s1. The third-order valence-electron chi connectivity index (χ3n) is 5.18. The summed E-state index contributed by atoms with van der Waals surface area (Å²) in [5.41, 5.74) is 7.37. The summed E-state index contributed by atoms with van der Waals surface area (Å²) >= 11 is 0. The third-order valence-corrected chi connectivity index (χ3v) is 5.18. The highest BCUT2D eigenvalue weighted by molar-refractivity contribution is 5.18. The van der Waals surface area contributed by atoms with Crippen LogP contribution in [0.15, 0.2) is 30.3 Å². The Morgan fingerprint density at radius 2 is 1.96 bits per heavy atom. The van der Waals surface area contributed by atoms with Gasteiger partial charge in [-0.3, -0.25) is 0 Å². The second-order valence-electron chi connectivity index (χ2n) is 8.03. The molecule has 2 aliphatic heterocycles. The van der Waals surface area contributed by atoms with Gasteiger partial charge in [-0.2, -0.15) is 0 Å². The van der Waals surface area contributed by atoms with Crippen LogP contribution in [0.4, 0.5) is 0 Å². The minimum absolute atomic E-state index is 0.120. The van der Waals surface area contributed by atoms with Gasteiger partial charge < -0.3 is 29.8 Å². The molecule has 0 aliphatic carbocycles. The van der Waals surface area contributed by atoms with Crippen molar-refractivity contribution in [1.29, 1.82) is 0 Å². The molecule has 0 saturated carbocycles. The van der Waals surface area contributed by atoms with Crippen LogP contribution in [-0.2, 0) is 25.4 Å². The van der Waals surface area contributed by atoms with Crippen LogP contribution >= 0.6 is 0 Å². The maximum Gasteiger partial charge on any atom is 0.203 e. The summed E-state index contributed by atoms with van der Waals surface area (Å²) in [5.74, 6) is -1.91. The fourth-order valence-electron chi connectivity index (χ4n) is 3.90. The van der Waals surface area contributed by atoms with Gasteiger partial charge in [-0.15, -0.1) is 0 Å². The van der Waals surface area contributed by atoms with E-state index >= 15 is 0 Å². The number of nitrogens with two attached hydrogens (primary N) is 1. The number of aliphatic hydroxyl groups excluding tert-OH is 1. The molecule has 152 valence electrons. The van der Waals surface area contributed by atoms with Gasteiger partial charge in [-0.1, -0.05) is 50.1 Å². The molecule has 0 bridgehead atoms. The van der Waals surface area contributed by atoms with Gasteiger partial charge in [0, 0.05) is 6.42 Å². The molecular weight excluding hydrogens is 346 g/mol. The minimum atomic E-state index is -1.09. The van der Waals surface area contributed by atoms with Crippen LogP contribution in [0, 0.1) is 0 Å². The van der Waals surface area contributed by atoms with E-state index in [-0.39, 0.29) is 6.61 Å². The van der Waals surface area contributed by atoms with Gasteiger partial charge >= 0.3 is 0 Å². The Balaban J connectivity index is 1.85. The number of benzene rings is 1. The van der Waals surface area contributed by atoms with Gasteiger partial charge in [0.1, 0.15) is 24.5 Å². The zero-order valence-electron chi connectivity index (χ0n) is 16.6. The molecule has 1 aromatic rings. The Kier molecular flexibility index (Phi) is 6.56. The molecule has 0 radical (unpaired) electrons. The lowest BCUT2D eigenvalue weighted by atomic mass is 9.91. The van der Waals surface area contributed by atoms with Gasteiger partial charge in [-0.25, -0.2) is 0 Å². The summed E-state index contributed by atoms with van der Waals surface area (Å²) in [7, 11) is 0. The fourth-order valence-corrected chi connectivity index (χ4v) is 3.90. The molecule has 2 heterocycles. The van der Waals surface area contributed by atoms with E-state index < -0.39 is 36.1 Å². The molecule has 3 N–H and O–H groups in total. The highest BCUT2D eigenvalue weighted by atomic mass is 16.8. The van der Waals surface area contributed by atoms with E-state index in [1.165, 1.54) is 0 Å². The number of aliphatic hydroxyl groups is 1. The molecule has 2 fully saturated rings. The lowest BCUT2D eigenvalue weighted by Gasteiger charge is -2.45. The van der Waals surface area contributed by atoms with Crippen LogP contribution < -0.4 is 5.73 Å². The van der Waals surface area contributed by atoms with Crippen LogP contribution in [0.25, 0.3) is 0 Å². The summed E-state index contributed by atoms with van der Waals surface area (Å²) in [6.45, 7) is 5.96. The molecule has 5 atom stereocenters. The largest absolute Gasteiger partial charge is 0.388 e. The van der Waals surface area contributed by atoms with E-state index in [2.05, 4.69) is 6.92 Å². The van der Waals surface area contributed by atoms with Gasteiger partial charge in [0.25, 0.3) is 0 Å². The average molecular weight is 379 g/mol. The number of unbranched alkanes of at least 4 members (excludes halogenated alkanes) is 2. The number of fused-ring (bicyclic) bond motifs is 1. The van der Waals surface area contributed by atoms with Gasteiger partial charge in [0.15, 0.2) is 5.79 Å². The molecule has 0 aromatic heterocycles. The normalized spacial score (nSPS) is 33.6. The van der Waals surface area contributed by atoms with Crippen molar-refractivity contribution < 1.29 is 24.1 Å². The first kappa shape index (κ1) is 20.7. The minimum Gasteiger partial charge on any atom is -0.388 e. The van der Waals surface area contributed by atoms with E-state index in [0.29, 0.717) is 6.42 Å². The van der Waals surface area contributed by atoms with Gasteiger partial charge in [-0.05, 0) is 32.3 Å². The SMILES string of the molecule is CCCCC[C@@H](N)O[C@@]1(Cc2ccccc2)OC[C@H](O)[C@@H]2OC(C)(C)O[C@@H]21. The van der Waals surface area contributed by atoms with Crippen LogP contribution in [0.2, 0.25) is 0 Å². The average Bonchev–Trinajstić information content (AvgIpc) is 2.97. The van der Waals surface area contributed by atoms with Crippen molar-refractivity contribution in [1.82, 2.24) is 0 Å². The first-order chi connectivity index (χ1) is 12.9. The van der Waals surface area contributed by atoms with Crippen molar-refractivity contribution in [3.63, 3.8) is 0 Å². The maximum atomic E-state index is 10.4. The molecule has 3 rings (SSSR count). The number of rotatable bonds is 8. The number of hydrogen-bond donors (Lipinski definition) is 2. The molecule has 6 nitrogen and oxygen atoms in total. The molecule has 1 aromatic carbocycles. The molecule has 0 amide bonds. The van der Waals surface area contributed by atoms with Crippen molar-refractivity contribution in [2.75, 3.05) is 6.61 Å². The molecular formula is C21H33NO5. The van der Waals surface area contributed by atoms with Crippen molar-refractivity contribution in [2.24, 2.45) is 5.73 Å². The Labute approximate surface area is 161 Å². The molecule has 27 heavy (non-hydrogen) atoms. The van der Waals surface area contributed by atoms with Crippen LogP contribution in [-0.4, -0.2) is 47.8 Å². The lowest BCUT2D eigenvalue weighted by molar-refractivity contribution is -0.336. The van der Waals surface area contributed by atoms with E-state index in [1.54, 1.807) is 0 Å². The van der Waals surface area contributed by atoms with Gasteiger partial charge in [0.05, 0.1) is 6.61 Å². The molecule has 6 heteroatoms. The maximum absolute atomic E-state index is 10.4. The highest BCUT2D eigenvalue weighted by Crippen LogP contribution is 2.43.